The van der Waals surface area contributed by atoms with Gasteiger partial charge in [-0.25, -0.2) is 0 Å². The van der Waals surface area contributed by atoms with Gasteiger partial charge in [0.1, 0.15) is 0 Å². The van der Waals surface area contributed by atoms with Crippen molar-refractivity contribution in [2.24, 2.45) is 0 Å². The van der Waals surface area contributed by atoms with Crippen molar-refractivity contribution in [1.29, 1.82) is 0 Å². The molecular weight excluding hydrogens is 699 g/mol. The minimum atomic E-state index is -4.02. The van der Waals surface area contributed by atoms with Crippen molar-refractivity contribution < 1.29 is 17.1 Å². The second kappa shape index (κ2) is 10.7. The van der Waals surface area contributed by atoms with Crippen molar-refractivity contribution in [3.05, 3.63) is 161 Å². The van der Waals surface area contributed by atoms with E-state index in [-0.39, 0.29) is 0 Å². The Morgan fingerprint density at radius 2 is 0.907 bits per heavy atom. The third-order valence-electron chi connectivity index (χ3n) is 11.0. The van der Waals surface area contributed by atoms with Crippen LogP contribution in [-0.2, 0) is 17.1 Å². The van der Waals surface area contributed by atoms with E-state index >= 15 is 0 Å². The number of fused-ring (bicyclic) bond motifs is 2. The molecule has 0 radical (unpaired) electrons. The van der Waals surface area contributed by atoms with Crippen LogP contribution < -0.4 is 5.19 Å². The zero-order valence-electron chi connectivity index (χ0n) is 25.9. The van der Waals surface area contributed by atoms with Gasteiger partial charge >= 0.3 is 260 Å². The molecule has 0 spiro atoms. The van der Waals surface area contributed by atoms with E-state index in [1.807, 2.05) is 0 Å². The first-order valence-corrected chi connectivity index (χ1v) is 34.3. The minimum absolute atomic E-state index is 0.484. The van der Waals surface area contributed by atoms with Crippen molar-refractivity contribution in [2.45, 2.75) is 37.1 Å². The average molecular weight is 739 g/mol. The van der Waals surface area contributed by atoms with Crippen LogP contribution in [0.5, 0.6) is 0 Å². The van der Waals surface area contributed by atoms with Gasteiger partial charge in [0, 0.05) is 0 Å². The van der Waals surface area contributed by atoms with Crippen LogP contribution in [0.1, 0.15) is 40.7 Å². The van der Waals surface area contributed by atoms with Crippen LogP contribution in [-0.4, -0.2) is 5.49 Å². The fraction of sp³-hybridized carbons (Fsp3) is 0.171. The number of aryl methyl sites for hydroxylation is 2. The van der Waals surface area contributed by atoms with Crippen LogP contribution in [0.4, 0.5) is 0 Å². The van der Waals surface area contributed by atoms with E-state index in [1.54, 1.807) is 16.3 Å². The van der Waals surface area contributed by atoms with Gasteiger partial charge in [-0.3, -0.25) is 0 Å². The van der Waals surface area contributed by atoms with Crippen LogP contribution in [0.2, 0.25) is 15.9 Å². The summed E-state index contributed by atoms with van der Waals surface area (Å²) in [4.78, 5) is 0. The first kappa shape index (κ1) is 28.4. The van der Waals surface area contributed by atoms with Gasteiger partial charge in [-0.1, -0.05) is 0 Å². The molecule has 0 nitrogen and oxygen atoms in total. The second-order valence-electron chi connectivity index (χ2n) is 13.5. The van der Waals surface area contributed by atoms with E-state index in [9.17, 15) is 0 Å². The Bertz CT molecular complexity index is 1900. The normalized spacial score (nSPS) is 17.2. The molecular formula is C41H40HfSi. The fourth-order valence-electron chi connectivity index (χ4n) is 8.25. The maximum absolute atomic E-state index is 4.02. The summed E-state index contributed by atoms with van der Waals surface area (Å²) < 4.78 is 6.62. The number of hydrogen-bond acceptors (Lipinski definition) is 0. The Hall–Kier alpha value is -3.33. The molecule has 212 valence electrons. The third kappa shape index (κ3) is 4.40. The fourth-order valence-corrected chi connectivity index (χ4v) is 51.6. The summed E-state index contributed by atoms with van der Waals surface area (Å²) in [6.45, 7) is 7.14. The van der Waals surface area contributed by atoms with Crippen LogP contribution in [0.3, 0.4) is 0 Å². The van der Waals surface area contributed by atoms with Gasteiger partial charge in [-0.15, -0.1) is 0 Å². The maximum atomic E-state index is 2.83. The van der Waals surface area contributed by atoms with E-state index < -0.39 is 22.6 Å². The van der Waals surface area contributed by atoms with E-state index in [0.29, 0.717) is 7.35 Å². The van der Waals surface area contributed by atoms with Crippen LogP contribution in [0.15, 0.2) is 127 Å². The summed E-state index contributed by atoms with van der Waals surface area (Å²) in [6.07, 6.45) is 10.2. The van der Waals surface area contributed by atoms with Gasteiger partial charge in [0.05, 0.1) is 0 Å². The second-order valence-corrected chi connectivity index (χ2v) is 59.6. The zero-order chi connectivity index (χ0) is 29.8. The van der Waals surface area contributed by atoms with Crippen molar-refractivity contribution in [1.82, 2.24) is 0 Å². The van der Waals surface area contributed by atoms with Crippen molar-refractivity contribution in [3.8, 4) is 22.3 Å². The molecule has 2 aliphatic carbocycles. The summed E-state index contributed by atoms with van der Waals surface area (Å²) in [7, 11) is 0. The molecule has 43 heavy (non-hydrogen) atoms. The Morgan fingerprint density at radius 3 is 1.37 bits per heavy atom. The molecule has 5 aromatic carbocycles. The van der Waals surface area contributed by atoms with Crippen LogP contribution >= 0.6 is 0 Å². The van der Waals surface area contributed by atoms with E-state index in [2.05, 4.69) is 169 Å². The van der Waals surface area contributed by atoms with Crippen LogP contribution in [0.25, 0.3) is 34.4 Å². The van der Waals surface area contributed by atoms with E-state index in [4.69, 9.17) is 0 Å². The molecule has 0 aliphatic heterocycles. The Kier molecular flexibility index (Phi) is 7.06. The topological polar surface area (TPSA) is 0 Å². The first-order chi connectivity index (χ1) is 20.8. The molecule has 0 aromatic heterocycles. The first-order valence-electron chi connectivity index (χ1n) is 15.6. The standard InChI is InChI=1S/2C16H13.C7H8Si.2CH3.Hf/c2*1-12-6-2-3-9-14(12)16-11-5-8-13-7-4-10-15(13)16;1-8-7-5-3-2-4-6-7;;;/h2*2-11H,1H3;2-6H,1H3;2*1H3;. The molecule has 2 heteroatoms. The molecule has 5 aromatic rings. The molecule has 2 atom stereocenters. The van der Waals surface area contributed by atoms with Crippen molar-refractivity contribution in [2.75, 3.05) is 0 Å². The summed E-state index contributed by atoms with van der Waals surface area (Å²) in [5.41, 5.74) is 13.2. The van der Waals surface area contributed by atoms with Gasteiger partial charge in [0.25, 0.3) is 0 Å². The van der Waals surface area contributed by atoms with Crippen molar-refractivity contribution in [3.63, 3.8) is 0 Å². The van der Waals surface area contributed by atoms with Gasteiger partial charge in [0.15, 0.2) is 0 Å². The summed E-state index contributed by atoms with van der Waals surface area (Å²) >= 11 is -4.02. The number of benzene rings is 5. The zero-order valence-corrected chi connectivity index (χ0v) is 30.5. The predicted octanol–water partition coefficient (Wildman–Crippen LogP) is 10.8. The monoisotopic (exact) mass is 740 g/mol. The Morgan fingerprint density at radius 1 is 0.488 bits per heavy atom. The Balaban J connectivity index is 1.48. The molecule has 7 rings (SSSR count). The van der Waals surface area contributed by atoms with Gasteiger partial charge < -0.3 is 0 Å². The molecule has 0 bridgehead atoms. The number of allylic oxidation sites excluding steroid dienone is 2. The van der Waals surface area contributed by atoms with Gasteiger partial charge in [0.2, 0.25) is 0 Å². The Labute approximate surface area is 258 Å². The number of hydrogen-bond donors (Lipinski definition) is 0. The molecule has 0 N–H and O–H groups in total. The molecule has 0 fully saturated rings. The SMILES string of the molecule is Cc1ccccc1-c1cccc2c1C=C[CH]2[Hf]([CH3])([CH3])([CH]1C=Cc2c(-c3ccccc3C)cccc21)=[Si](C)c1ccccc1. The summed E-state index contributed by atoms with van der Waals surface area (Å²) in [5, 5.41) is 1.58. The van der Waals surface area contributed by atoms with Crippen LogP contribution in [0, 0.1) is 13.8 Å². The molecule has 0 amide bonds. The van der Waals surface area contributed by atoms with E-state index in [1.165, 1.54) is 44.5 Å². The number of rotatable bonds is 5. The molecule has 0 heterocycles. The quantitative estimate of drug-likeness (QED) is 0.158. The van der Waals surface area contributed by atoms with Gasteiger partial charge in [-0.2, -0.15) is 0 Å². The summed E-state index contributed by atoms with van der Waals surface area (Å²) in [5.74, 6) is 0. The molecule has 0 saturated carbocycles. The predicted molar refractivity (Wildman–Crippen MR) is 186 cm³/mol. The average Bonchev–Trinajstić information content (AvgIpc) is 3.68. The molecule has 2 aliphatic rings. The van der Waals surface area contributed by atoms with E-state index in [0.717, 1.165) is 0 Å². The van der Waals surface area contributed by atoms with Gasteiger partial charge in [-0.05, 0) is 0 Å². The third-order valence-corrected chi connectivity index (χ3v) is 65.7. The van der Waals surface area contributed by atoms with Crippen molar-refractivity contribution >= 4 is 22.8 Å². The molecule has 2 unspecified atom stereocenters. The summed E-state index contributed by atoms with van der Waals surface area (Å²) in [6, 6.07) is 43.4. The molecule has 0 saturated heterocycles.